The summed E-state index contributed by atoms with van der Waals surface area (Å²) in [5.74, 6) is 0.319. The van der Waals surface area contributed by atoms with E-state index in [0.717, 1.165) is 58.2 Å². The molecule has 2 aliphatic heterocycles. The van der Waals surface area contributed by atoms with Crippen molar-refractivity contribution >= 4 is 11.8 Å². The summed E-state index contributed by atoms with van der Waals surface area (Å²) in [4.78, 5) is 29.7. The molecule has 8 heteroatoms. The quantitative estimate of drug-likeness (QED) is 0.822. The summed E-state index contributed by atoms with van der Waals surface area (Å²) in [6.07, 6.45) is 10.1. The number of nitrogens with zero attached hydrogens (tertiary/aromatic N) is 5. The largest absolute Gasteiger partial charge is 0.348 e. The van der Waals surface area contributed by atoms with E-state index in [1.807, 2.05) is 0 Å². The molecule has 1 N–H and O–H groups in total. The van der Waals surface area contributed by atoms with Crippen molar-refractivity contribution in [3.05, 3.63) is 11.9 Å². The molecule has 1 aromatic rings. The Morgan fingerprint density at radius 2 is 1.82 bits per heavy atom. The molecule has 3 fully saturated rings. The van der Waals surface area contributed by atoms with E-state index >= 15 is 0 Å². The molecule has 154 valence electrons. The fourth-order valence-corrected chi connectivity index (χ4v) is 4.84. The van der Waals surface area contributed by atoms with Gasteiger partial charge in [-0.05, 0) is 58.7 Å². The van der Waals surface area contributed by atoms with Gasteiger partial charge in [0.1, 0.15) is 0 Å². The van der Waals surface area contributed by atoms with Crippen molar-refractivity contribution in [1.82, 2.24) is 30.1 Å². The number of hydrogen-bond donors (Lipinski definition) is 1. The van der Waals surface area contributed by atoms with E-state index in [4.69, 9.17) is 0 Å². The highest BCUT2D eigenvalue weighted by Gasteiger charge is 2.34. The highest BCUT2D eigenvalue weighted by Crippen LogP contribution is 2.25. The Hall–Kier alpha value is -1.96. The molecule has 3 heterocycles. The van der Waals surface area contributed by atoms with E-state index in [2.05, 4.69) is 32.5 Å². The highest BCUT2D eigenvalue weighted by molar-refractivity contribution is 5.92. The molecule has 0 aromatic carbocycles. The fourth-order valence-electron chi connectivity index (χ4n) is 4.84. The molecule has 0 spiro atoms. The Balaban J connectivity index is 1.33. The second kappa shape index (κ2) is 8.59. The van der Waals surface area contributed by atoms with E-state index < -0.39 is 0 Å². The van der Waals surface area contributed by atoms with Gasteiger partial charge in [0.2, 0.25) is 5.91 Å². The summed E-state index contributed by atoms with van der Waals surface area (Å²) in [5, 5.41) is 11.3. The van der Waals surface area contributed by atoms with Gasteiger partial charge < -0.3 is 15.1 Å². The van der Waals surface area contributed by atoms with Gasteiger partial charge in [-0.3, -0.25) is 9.59 Å². The Bertz CT molecular complexity index is 691. The maximum atomic E-state index is 13.0. The normalized spacial score (nSPS) is 24.8. The molecule has 1 atom stereocenters. The number of nitrogens with one attached hydrogen (secondary N) is 1. The lowest BCUT2D eigenvalue weighted by atomic mass is 9.95. The van der Waals surface area contributed by atoms with Gasteiger partial charge in [0.05, 0.1) is 18.8 Å². The van der Waals surface area contributed by atoms with Gasteiger partial charge in [0.15, 0.2) is 5.69 Å². The van der Waals surface area contributed by atoms with Crippen LogP contribution in [0.25, 0.3) is 0 Å². The number of piperidine rings is 1. The zero-order chi connectivity index (χ0) is 19.5. The zero-order valence-corrected chi connectivity index (χ0v) is 16.8. The smallest absolute Gasteiger partial charge is 0.273 e. The zero-order valence-electron chi connectivity index (χ0n) is 16.8. The molecule has 4 rings (SSSR count). The van der Waals surface area contributed by atoms with Crippen molar-refractivity contribution in [2.24, 2.45) is 5.92 Å². The lowest BCUT2D eigenvalue weighted by Crippen LogP contribution is -2.44. The van der Waals surface area contributed by atoms with Crippen LogP contribution in [0.15, 0.2) is 6.20 Å². The van der Waals surface area contributed by atoms with Crippen LogP contribution in [0.1, 0.15) is 61.9 Å². The SMILES string of the molecule is CN1CCC(C(=O)N2CCC[C@H]2Cn2cc(C(=O)NC3CCCC3)nn2)CC1. The van der Waals surface area contributed by atoms with Crippen LogP contribution >= 0.6 is 0 Å². The predicted molar refractivity (Wildman–Crippen MR) is 105 cm³/mol. The first kappa shape index (κ1) is 19.4. The summed E-state index contributed by atoms with van der Waals surface area (Å²) in [5.41, 5.74) is 0.373. The summed E-state index contributed by atoms with van der Waals surface area (Å²) < 4.78 is 1.73. The molecule has 0 bridgehead atoms. The van der Waals surface area contributed by atoms with E-state index in [1.54, 1.807) is 10.9 Å². The van der Waals surface area contributed by atoms with Crippen LogP contribution in [0.5, 0.6) is 0 Å². The number of rotatable bonds is 5. The van der Waals surface area contributed by atoms with Gasteiger partial charge in [0, 0.05) is 18.5 Å². The van der Waals surface area contributed by atoms with Gasteiger partial charge in [-0.2, -0.15) is 0 Å². The molecular formula is C20H32N6O2. The molecule has 1 aromatic heterocycles. The van der Waals surface area contributed by atoms with Crippen LogP contribution in [0.4, 0.5) is 0 Å². The fraction of sp³-hybridized carbons (Fsp3) is 0.800. The minimum atomic E-state index is -0.135. The predicted octanol–water partition coefficient (Wildman–Crippen LogP) is 1.28. The highest BCUT2D eigenvalue weighted by atomic mass is 16.2. The van der Waals surface area contributed by atoms with Crippen LogP contribution in [-0.2, 0) is 11.3 Å². The van der Waals surface area contributed by atoms with Gasteiger partial charge in [-0.1, -0.05) is 18.1 Å². The Labute approximate surface area is 166 Å². The molecule has 28 heavy (non-hydrogen) atoms. The summed E-state index contributed by atoms with van der Waals surface area (Å²) in [6.45, 7) is 3.44. The van der Waals surface area contributed by atoms with Crippen molar-refractivity contribution in [2.45, 2.75) is 70.0 Å². The maximum absolute atomic E-state index is 13.0. The van der Waals surface area contributed by atoms with E-state index in [9.17, 15) is 9.59 Å². The Morgan fingerprint density at radius 1 is 1.07 bits per heavy atom. The number of hydrogen-bond acceptors (Lipinski definition) is 5. The summed E-state index contributed by atoms with van der Waals surface area (Å²) >= 11 is 0. The maximum Gasteiger partial charge on any atom is 0.273 e. The van der Waals surface area contributed by atoms with E-state index in [-0.39, 0.29) is 23.9 Å². The third-order valence-corrected chi connectivity index (χ3v) is 6.59. The first-order valence-corrected chi connectivity index (χ1v) is 10.8. The number of carbonyl (C=O) groups excluding carboxylic acids is 2. The van der Waals surface area contributed by atoms with Crippen molar-refractivity contribution in [3.63, 3.8) is 0 Å². The molecule has 1 aliphatic carbocycles. The standard InChI is InChI=1S/C20H32N6O2/c1-24-11-8-15(9-12-24)20(28)26-10-4-7-17(26)13-25-14-18(22-23-25)19(27)21-16-5-2-3-6-16/h14-17H,2-13H2,1H3,(H,21,27)/t17-/m0/s1. The second-order valence-corrected chi connectivity index (χ2v) is 8.69. The Morgan fingerprint density at radius 3 is 2.57 bits per heavy atom. The lowest BCUT2D eigenvalue weighted by Gasteiger charge is -2.33. The van der Waals surface area contributed by atoms with E-state index in [1.165, 1.54) is 12.8 Å². The third kappa shape index (κ3) is 4.37. The third-order valence-electron chi connectivity index (χ3n) is 6.59. The molecule has 2 saturated heterocycles. The molecule has 1 saturated carbocycles. The van der Waals surface area contributed by atoms with Crippen molar-refractivity contribution in [3.8, 4) is 0 Å². The molecule has 3 aliphatic rings. The summed E-state index contributed by atoms with van der Waals surface area (Å²) in [7, 11) is 2.12. The van der Waals surface area contributed by atoms with Crippen molar-refractivity contribution in [2.75, 3.05) is 26.7 Å². The molecule has 0 radical (unpaired) electrons. The van der Waals surface area contributed by atoms with Crippen LogP contribution in [0.3, 0.4) is 0 Å². The number of carbonyl (C=O) groups is 2. The summed E-state index contributed by atoms with van der Waals surface area (Å²) in [6, 6.07) is 0.426. The monoisotopic (exact) mass is 388 g/mol. The molecule has 0 unspecified atom stereocenters. The molecule has 8 nitrogen and oxygen atoms in total. The number of amides is 2. The van der Waals surface area contributed by atoms with Gasteiger partial charge in [-0.15, -0.1) is 5.10 Å². The molecule has 2 amide bonds. The lowest BCUT2D eigenvalue weighted by molar-refractivity contribution is -0.138. The minimum absolute atomic E-state index is 0.135. The van der Waals surface area contributed by atoms with Gasteiger partial charge >= 0.3 is 0 Å². The molecular weight excluding hydrogens is 356 g/mol. The number of aromatic nitrogens is 3. The first-order chi connectivity index (χ1) is 13.6. The average molecular weight is 389 g/mol. The van der Waals surface area contributed by atoms with Crippen molar-refractivity contribution < 1.29 is 9.59 Å². The topological polar surface area (TPSA) is 83.4 Å². The van der Waals surface area contributed by atoms with Crippen LogP contribution < -0.4 is 5.32 Å². The second-order valence-electron chi connectivity index (χ2n) is 8.69. The van der Waals surface area contributed by atoms with E-state index in [0.29, 0.717) is 18.1 Å². The van der Waals surface area contributed by atoms with Gasteiger partial charge in [-0.25, -0.2) is 4.68 Å². The van der Waals surface area contributed by atoms with Crippen LogP contribution in [0, 0.1) is 5.92 Å². The van der Waals surface area contributed by atoms with Crippen LogP contribution in [-0.4, -0.2) is 75.4 Å². The average Bonchev–Trinajstić information content (AvgIpc) is 3.44. The Kier molecular flexibility index (Phi) is 5.94. The first-order valence-electron chi connectivity index (χ1n) is 10.8. The van der Waals surface area contributed by atoms with Gasteiger partial charge in [0.25, 0.3) is 5.91 Å². The number of likely N-dealkylation sites (tertiary alicyclic amines) is 2. The van der Waals surface area contributed by atoms with Crippen LogP contribution in [0.2, 0.25) is 0 Å². The minimum Gasteiger partial charge on any atom is -0.348 e. The van der Waals surface area contributed by atoms with Crippen molar-refractivity contribution in [1.29, 1.82) is 0 Å².